The maximum absolute atomic E-state index is 2.60. The fraction of sp³-hybridized carbons (Fsp3) is 0.417. The van der Waals surface area contributed by atoms with E-state index >= 15 is 0 Å². The number of nitrogens with zero attached hydrogens (tertiary/aromatic N) is 2. The largest absolute Gasteiger partial charge is 0.340 e. The summed E-state index contributed by atoms with van der Waals surface area (Å²) < 4.78 is 2.60. The molecule has 0 saturated carbocycles. The van der Waals surface area contributed by atoms with Crippen LogP contribution in [-0.4, -0.2) is 35.4 Å². The van der Waals surface area contributed by atoms with Crippen LogP contribution in [0, 0.1) is 0 Å². The summed E-state index contributed by atoms with van der Waals surface area (Å²) in [5.74, 6) is 1.16. The van der Waals surface area contributed by atoms with Crippen LogP contribution in [0.5, 0.6) is 0 Å². The summed E-state index contributed by atoms with van der Waals surface area (Å²) in [6, 6.07) is 18.0. The molecule has 0 saturated heterocycles. The molecule has 0 bridgehead atoms. The van der Waals surface area contributed by atoms with Crippen molar-refractivity contribution in [3.8, 4) is 11.3 Å². The number of benzene rings is 2. The van der Waals surface area contributed by atoms with Crippen LogP contribution in [-0.2, 0) is 13.0 Å². The highest BCUT2D eigenvalue weighted by atomic mass is 32.2. The third-order valence-corrected chi connectivity index (χ3v) is 6.72. The zero-order valence-corrected chi connectivity index (χ0v) is 17.4. The van der Waals surface area contributed by atoms with Crippen molar-refractivity contribution in [2.24, 2.45) is 0 Å². The van der Waals surface area contributed by atoms with Crippen molar-refractivity contribution in [3.05, 3.63) is 54.1 Å². The van der Waals surface area contributed by atoms with Gasteiger partial charge in [-0.15, -0.1) is 11.8 Å². The number of para-hydroxylation sites is 1. The molecule has 0 amide bonds. The van der Waals surface area contributed by atoms with Crippen molar-refractivity contribution < 1.29 is 0 Å². The molecule has 1 aliphatic rings. The summed E-state index contributed by atoms with van der Waals surface area (Å²) in [5.41, 5.74) is 5.83. The number of hydrogen-bond acceptors (Lipinski definition) is 2. The lowest BCUT2D eigenvalue weighted by Gasteiger charge is -2.18. The van der Waals surface area contributed by atoms with Gasteiger partial charge in [0.15, 0.2) is 0 Å². The van der Waals surface area contributed by atoms with Crippen LogP contribution in [0.1, 0.15) is 31.7 Å². The topological polar surface area (TPSA) is 8.17 Å². The van der Waals surface area contributed by atoms with Gasteiger partial charge in [-0.3, -0.25) is 0 Å². The van der Waals surface area contributed by atoms with Gasteiger partial charge in [0.05, 0.1) is 5.69 Å². The molecule has 4 rings (SSSR count). The molecule has 2 nitrogen and oxygen atoms in total. The molecular weight excluding hydrogens is 348 g/mol. The number of hydrogen-bond donors (Lipinski definition) is 0. The first-order chi connectivity index (χ1) is 13.3. The van der Waals surface area contributed by atoms with E-state index in [-0.39, 0.29) is 0 Å². The van der Waals surface area contributed by atoms with Crippen molar-refractivity contribution in [1.29, 1.82) is 0 Å². The fourth-order valence-electron chi connectivity index (χ4n) is 4.26. The molecule has 3 aromatic rings. The van der Waals surface area contributed by atoms with Crippen molar-refractivity contribution in [1.82, 2.24) is 9.47 Å². The Labute approximate surface area is 167 Å². The lowest BCUT2D eigenvalue weighted by atomic mass is 10.0. The van der Waals surface area contributed by atoms with Crippen LogP contribution in [0.3, 0.4) is 0 Å². The number of rotatable bonds is 7. The number of aryl methyl sites for hydroxylation is 2. The van der Waals surface area contributed by atoms with E-state index in [1.807, 2.05) is 11.8 Å². The molecule has 0 radical (unpaired) electrons. The lowest BCUT2D eigenvalue weighted by molar-refractivity contribution is 0.317. The summed E-state index contributed by atoms with van der Waals surface area (Å²) in [6.07, 6.45) is 4.91. The molecule has 1 aliphatic heterocycles. The highest BCUT2D eigenvalue weighted by molar-refractivity contribution is 7.99. The molecule has 27 heavy (non-hydrogen) atoms. The normalized spacial score (nSPS) is 13.6. The minimum absolute atomic E-state index is 1.09. The van der Waals surface area contributed by atoms with E-state index in [4.69, 9.17) is 0 Å². The quantitative estimate of drug-likeness (QED) is 0.492. The van der Waals surface area contributed by atoms with E-state index in [1.165, 1.54) is 52.9 Å². The number of fused-ring (bicyclic) bond motifs is 5. The molecule has 1 aromatic heterocycles. The predicted octanol–water partition coefficient (Wildman–Crippen LogP) is 6.08. The van der Waals surface area contributed by atoms with E-state index in [0.29, 0.717) is 0 Å². The van der Waals surface area contributed by atoms with E-state index in [2.05, 4.69) is 72.0 Å². The molecule has 3 heteroatoms. The molecule has 0 spiro atoms. The van der Waals surface area contributed by atoms with Crippen LogP contribution < -0.4 is 0 Å². The van der Waals surface area contributed by atoms with Crippen LogP contribution in [0.25, 0.3) is 22.2 Å². The molecule has 0 atom stereocenters. The average molecular weight is 379 g/mol. The second-order valence-electron chi connectivity index (χ2n) is 7.60. The third-order valence-electron chi connectivity index (χ3n) is 5.64. The fourth-order valence-corrected chi connectivity index (χ4v) is 5.28. The van der Waals surface area contributed by atoms with E-state index in [1.54, 1.807) is 5.56 Å². The summed E-state index contributed by atoms with van der Waals surface area (Å²) in [7, 11) is 2.26. The SMILES string of the molecule is CCCCN(C)CCCn1c2c(c3ccccc31)CCSc1ccccc1-2. The van der Waals surface area contributed by atoms with Gasteiger partial charge >= 0.3 is 0 Å². The Morgan fingerprint density at radius 2 is 1.78 bits per heavy atom. The van der Waals surface area contributed by atoms with E-state index in [0.717, 1.165) is 25.3 Å². The maximum Gasteiger partial charge on any atom is 0.0535 e. The molecule has 0 aliphatic carbocycles. The average Bonchev–Trinajstić information content (AvgIpc) is 2.87. The molecular formula is C24H30N2S. The van der Waals surface area contributed by atoms with Crippen LogP contribution in [0.2, 0.25) is 0 Å². The Hall–Kier alpha value is -1.71. The Bertz CT molecular complexity index is 912. The predicted molar refractivity (Wildman–Crippen MR) is 119 cm³/mol. The number of thioether (sulfide) groups is 1. The van der Waals surface area contributed by atoms with E-state index < -0.39 is 0 Å². The lowest BCUT2D eigenvalue weighted by Crippen LogP contribution is -2.22. The molecule has 0 fully saturated rings. The van der Waals surface area contributed by atoms with Gasteiger partial charge in [0.1, 0.15) is 0 Å². The van der Waals surface area contributed by atoms with Gasteiger partial charge in [-0.05, 0) is 57.1 Å². The Kier molecular flexibility index (Phi) is 5.89. The molecule has 2 aromatic carbocycles. The monoisotopic (exact) mass is 378 g/mol. The number of aromatic nitrogens is 1. The highest BCUT2D eigenvalue weighted by Crippen LogP contribution is 2.42. The van der Waals surface area contributed by atoms with Crippen molar-refractivity contribution in [2.45, 2.75) is 44.0 Å². The van der Waals surface area contributed by atoms with Gasteiger partial charge < -0.3 is 9.47 Å². The second kappa shape index (κ2) is 8.53. The maximum atomic E-state index is 2.60. The van der Waals surface area contributed by atoms with Crippen LogP contribution in [0.15, 0.2) is 53.4 Å². The molecule has 0 unspecified atom stereocenters. The summed E-state index contributed by atoms with van der Waals surface area (Å²) >= 11 is 2.00. The zero-order valence-electron chi connectivity index (χ0n) is 16.6. The van der Waals surface area contributed by atoms with E-state index in [9.17, 15) is 0 Å². The van der Waals surface area contributed by atoms with Crippen LogP contribution in [0.4, 0.5) is 0 Å². The van der Waals surface area contributed by atoms with Gasteiger partial charge in [-0.1, -0.05) is 49.7 Å². The zero-order chi connectivity index (χ0) is 18.6. The standard InChI is InChI=1S/C24H30N2S/c1-3-4-15-25(2)16-9-17-26-22-12-7-5-10-19(22)20-14-18-27-23-13-8-6-11-21(23)24(20)26/h5-8,10-13H,3-4,9,14-18H2,1-2H3. The smallest absolute Gasteiger partial charge is 0.0535 e. The van der Waals surface area contributed by atoms with Gasteiger partial charge in [0.25, 0.3) is 0 Å². The van der Waals surface area contributed by atoms with Gasteiger partial charge in [-0.2, -0.15) is 0 Å². The molecule has 2 heterocycles. The summed E-state index contributed by atoms with van der Waals surface area (Å²) in [4.78, 5) is 3.91. The number of unbranched alkanes of at least 4 members (excludes halogenated alkanes) is 1. The first-order valence-corrected chi connectivity index (χ1v) is 11.3. The van der Waals surface area contributed by atoms with Crippen LogP contribution >= 0.6 is 11.8 Å². The Morgan fingerprint density at radius 1 is 1.00 bits per heavy atom. The minimum atomic E-state index is 1.09. The van der Waals surface area contributed by atoms with Gasteiger partial charge in [-0.25, -0.2) is 0 Å². The second-order valence-corrected chi connectivity index (χ2v) is 8.74. The van der Waals surface area contributed by atoms with Gasteiger partial charge in [0, 0.05) is 33.7 Å². The highest BCUT2D eigenvalue weighted by Gasteiger charge is 2.22. The minimum Gasteiger partial charge on any atom is -0.340 e. The molecule has 142 valence electrons. The van der Waals surface area contributed by atoms with Crippen molar-refractivity contribution in [3.63, 3.8) is 0 Å². The Balaban J connectivity index is 1.70. The van der Waals surface area contributed by atoms with Gasteiger partial charge in [0.2, 0.25) is 0 Å². The Morgan fingerprint density at radius 3 is 2.67 bits per heavy atom. The van der Waals surface area contributed by atoms with Crippen molar-refractivity contribution in [2.75, 3.05) is 25.9 Å². The summed E-state index contributed by atoms with van der Waals surface area (Å²) in [5, 5.41) is 1.45. The van der Waals surface area contributed by atoms with Crippen molar-refractivity contribution >= 4 is 22.7 Å². The first-order valence-electron chi connectivity index (χ1n) is 10.3. The summed E-state index contributed by atoms with van der Waals surface area (Å²) in [6.45, 7) is 5.73. The third kappa shape index (κ3) is 3.81. The molecule has 0 N–H and O–H groups in total. The first kappa shape index (κ1) is 18.6.